The zero-order valence-electron chi connectivity index (χ0n) is 15.6. The number of aromatic amines is 1. The second-order valence-electron chi connectivity index (χ2n) is 4.75. The van der Waals surface area contributed by atoms with Crippen LogP contribution in [0.15, 0.2) is 73.1 Å². The predicted octanol–water partition coefficient (Wildman–Crippen LogP) is -1.81. The molecule has 3 rings (SSSR count). The summed E-state index contributed by atoms with van der Waals surface area (Å²) in [6, 6.07) is 17.6. The molecule has 3 aromatic rings. The van der Waals surface area contributed by atoms with Crippen molar-refractivity contribution in [2.75, 3.05) is 14.1 Å². The zero-order chi connectivity index (χ0) is 18.3. The van der Waals surface area contributed by atoms with Gasteiger partial charge >= 0.3 is 57.5 Å². The van der Waals surface area contributed by atoms with Crippen molar-refractivity contribution in [1.82, 2.24) is 15.3 Å². The van der Waals surface area contributed by atoms with Gasteiger partial charge in [-0.1, -0.05) is 44.8 Å². The van der Waals surface area contributed by atoms with Gasteiger partial charge in [-0.3, -0.25) is 0 Å². The average molecular weight is 409 g/mol. The van der Waals surface area contributed by atoms with Crippen molar-refractivity contribution >= 4 is 23.0 Å². The summed E-state index contributed by atoms with van der Waals surface area (Å²) < 4.78 is 9.91. The van der Waals surface area contributed by atoms with Gasteiger partial charge in [-0.25, -0.2) is 9.78 Å². The number of ether oxygens (including phenoxy) is 2. The number of carbonyl (C=O) groups excluding carboxylic acids is 1. The van der Waals surface area contributed by atoms with E-state index in [9.17, 15) is 4.79 Å². The third-order valence-electron chi connectivity index (χ3n) is 2.52. The number of nitrogens with zero attached hydrogens (tertiary/aromatic N) is 1. The minimum absolute atomic E-state index is 0. The molecule has 2 aromatic carbocycles. The number of para-hydroxylation sites is 2. The molecule has 2 N–H and O–H groups in total. The van der Waals surface area contributed by atoms with Crippen LogP contribution in [0.5, 0.6) is 11.5 Å². The number of hydrogen-bond acceptors (Lipinski definition) is 5. The Morgan fingerprint density at radius 3 is 1.57 bits per heavy atom. The molecule has 0 aliphatic heterocycles. The van der Waals surface area contributed by atoms with Gasteiger partial charge in [0.25, 0.3) is 0 Å². The molecule has 0 bridgehead atoms. The quantitative estimate of drug-likeness (QED) is 0.297. The van der Waals surface area contributed by atoms with Crippen molar-refractivity contribution in [2.45, 2.75) is 6.92 Å². The molecular formula is C19H30B2KN3O3. The SMILES string of the molecule is B.CNC.Cc1ncc[nH]1.O=C(Oc1ccccc1)Oc1ccccc1.[BH4-].[K+]. The number of hydrogen-bond donors (Lipinski definition) is 2. The molecule has 0 saturated heterocycles. The number of carbonyl (C=O) groups is 1. The third-order valence-corrected chi connectivity index (χ3v) is 2.52. The summed E-state index contributed by atoms with van der Waals surface area (Å²) in [5.74, 6) is 1.89. The summed E-state index contributed by atoms with van der Waals surface area (Å²) in [6.45, 7) is 1.92. The standard InChI is InChI=1S/C13H10O3.C4H6N2.C2H7N.BH4.BH3.K/c14-13(15-11-7-3-1-4-8-11)16-12-9-5-2-6-10-12;1-4-5-2-3-6-4;1-3-2;;;/h1-10H;2-3H,1H3,(H,5,6);3H,1-2H3;1H4;1H3;/q;;;-1;;+1. The monoisotopic (exact) mass is 409 g/mol. The molecule has 9 heteroatoms. The van der Waals surface area contributed by atoms with Crippen molar-refractivity contribution in [3.63, 3.8) is 0 Å². The van der Waals surface area contributed by atoms with Crippen molar-refractivity contribution < 1.29 is 65.7 Å². The van der Waals surface area contributed by atoms with E-state index in [1.54, 1.807) is 60.9 Å². The Bertz CT molecular complexity index is 659. The van der Waals surface area contributed by atoms with Crippen molar-refractivity contribution in [3.05, 3.63) is 78.9 Å². The predicted molar refractivity (Wildman–Crippen MR) is 119 cm³/mol. The van der Waals surface area contributed by atoms with E-state index in [2.05, 4.69) is 15.3 Å². The molecule has 0 unspecified atom stereocenters. The number of nitrogens with one attached hydrogen (secondary N) is 2. The molecule has 0 fully saturated rings. The molecule has 1 aromatic heterocycles. The summed E-state index contributed by atoms with van der Waals surface area (Å²) >= 11 is 0. The smallest absolute Gasteiger partial charge is 0.395 e. The van der Waals surface area contributed by atoms with Crippen LogP contribution in [0.3, 0.4) is 0 Å². The fourth-order valence-electron chi connectivity index (χ4n) is 1.53. The maximum absolute atomic E-state index is 11.3. The summed E-state index contributed by atoms with van der Waals surface area (Å²) in [7, 11) is 3.75. The van der Waals surface area contributed by atoms with Gasteiger partial charge in [-0.05, 0) is 45.3 Å². The van der Waals surface area contributed by atoms with Crippen LogP contribution in [0.25, 0.3) is 0 Å². The molecule has 0 aliphatic carbocycles. The fraction of sp³-hybridized carbons (Fsp3) is 0.158. The van der Waals surface area contributed by atoms with E-state index >= 15 is 0 Å². The topological polar surface area (TPSA) is 76.2 Å². The maximum atomic E-state index is 11.3. The Morgan fingerprint density at radius 1 is 0.929 bits per heavy atom. The Labute approximate surface area is 213 Å². The molecule has 0 aliphatic rings. The Balaban J connectivity index is -0.000000442. The van der Waals surface area contributed by atoms with Crippen molar-refractivity contribution in [1.29, 1.82) is 0 Å². The van der Waals surface area contributed by atoms with Crippen LogP contribution in [-0.4, -0.2) is 47.0 Å². The van der Waals surface area contributed by atoms with E-state index in [1.165, 1.54) is 0 Å². The molecule has 146 valence electrons. The molecule has 0 spiro atoms. The van der Waals surface area contributed by atoms with E-state index in [0.717, 1.165) is 5.82 Å². The van der Waals surface area contributed by atoms with Crippen LogP contribution in [0.2, 0.25) is 0 Å². The van der Waals surface area contributed by atoms with Crippen LogP contribution in [0, 0.1) is 6.92 Å². The summed E-state index contributed by atoms with van der Waals surface area (Å²) in [4.78, 5) is 18.1. The van der Waals surface area contributed by atoms with Crippen LogP contribution in [0.1, 0.15) is 5.82 Å². The number of aromatic nitrogens is 2. The minimum Gasteiger partial charge on any atom is -0.395 e. The Hall–Kier alpha value is -1.35. The van der Waals surface area contributed by atoms with Gasteiger partial charge in [0.1, 0.15) is 17.3 Å². The third kappa shape index (κ3) is 15.7. The second kappa shape index (κ2) is 20.4. The summed E-state index contributed by atoms with van der Waals surface area (Å²) in [5, 5.41) is 2.75. The van der Waals surface area contributed by atoms with Gasteiger partial charge < -0.3 is 19.8 Å². The second-order valence-corrected chi connectivity index (χ2v) is 4.75. The first-order chi connectivity index (χ1) is 12.2. The minimum atomic E-state index is -0.739. The molecule has 0 atom stereocenters. The number of benzene rings is 2. The Morgan fingerprint density at radius 2 is 1.32 bits per heavy atom. The number of rotatable bonds is 2. The van der Waals surface area contributed by atoms with E-state index in [4.69, 9.17) is 9.47 Å². The molecular weight excluding hydrogens is 379 g/mol. The van der Waals surface area contributed by atoms with Gasteiger partial charge in [0.2, 0.25) is 0 Å². The van der Waals surface area contributed by atoms with Gasteiger partial charge in [0, 0.05) is 12.4 Å². The fourth-order valence-corrected chi connectivity index (χ4v) is 1.53. The molecule has 28 heavy (non-hydrogen) atoms. The van der Waals surface area contributed by atoms with Crippen LogP contribution >= 0.6 is 0 Å². The molecule has 0 radical (unpaired) electrons. The van der Waals surface area contributed by atoms with Gasteiger partial charge in [0.15, 0.2) is 0 Å². The van der Waals surface area contributed by atoms with Crippen LogP contribution in [0.4, 0.5) is 4.79 Å². The first-order valence-electron chi connectivity index (χ1n) is 7.70. The van der Waals surface area contributed by atoms with Crippen molar-refractivity contribution in [3.8, 4) is 11.5 Å². The van der Waals surface area contributed by atoms with E-state index in [0.29, 0.717) is 11.5 Å². The van der Waals surface area contributed by atoms with Gasteiger partial charge in [-0.2, -0.15) is 0 Å². The van der Waals surface area contributed by atoms with Gasteiger partial charge in [0.05, 0.1) is 8.41 Å². The van der Waals surface area contributed by atoms with E-state index in [-0.39, 0.29) is 68.2 Å². The first-order valence-corrected chi connectivity index (χ1v) is 7.70. The van der Waals surface area contributed by atoms with E-state index in [1.807, 2.05) is 33.2 Å². The average Bonchev–Trinajstić information content (AvgIpc) is 3.09. The largest absolute Gasteiger partial charge is 1.00 e. The molecule has 6 nitrogen and oxygen atoms in total. The molecule has 0 saturated carbocycles. The summed E-state index contributed by atoms with van der Waals surface area (Å²) in [5.41, 5.74) is 0. The number of H-pyrrole nitrogens is 1. The van der Waals surface area contributed by atoms with Crippen LogP contribution in [-0.2, 0) is 0 Å². The number of aryl methyl sites for hydroxylation is 1. The van der Waals surface area contributed by atoms with Crippen molar-refractivity contribution in [2.24, 2.45) is 0 Å². The zero-order valence-corrected chi connectivity index (χ0v) is 18.7. The van der Waals surface area contributed by atoms with Gasteiger partial charge in [-0.15, -0.1) is 0 Å². The summed E-state index contributed by atoms with van der Waals surface area (Å²) in [6.07, 6.45) is 2.79. The molecule has 1 heterocycles. The first kappa shape index (κ1) is 31.3. The number of imidazole rings is 1. The maximum Gasteiger partial charge on any atom is 1.00 e. The normalized spacial score (nSPS) is 7.96. The van der Waals surface area contributed by atoms with Crippen LogP contribution < -0.4 is 66.2 Å². The Kier molecular flexibility index (Phi) is 22.8. The molecule has 0 amide bonds. The van der Waals surface area contributed by atoms with E-state index < -0.39 is 6.16 Å².